The maximum absolute atomic E-state index is 13.0. The molecule has 0 saturated carbocycles. The minimum atomic E-state index is -4.76. The number of hydrogen-bond acceptors (Lipinski definition) is 6. The number of benzene rings is 3. The van der Waals surface area contributed by atoms with E-state index in [-0.39, 0.29) is 11.7 Å². The fourth-order valence-electron chi connectivity index (χ4n) is 4.87. The van der Waals surface area contributed by atoms with E-state index in [1.807, 2.05) is 50.2 Å². The summed E-state index contributed by atoms with van der Waals surface area (Å²) in [6.07, 6.45) is -3.27. The molecule has 1 aromatic heterocycles. The van der Waals surface area contributed by atoms with Crippen molar-refractivity contribution >= 4 is 34.2 Å². The molecular formula is C33H33F3N6O3S. The van der Waals surface area contributed by atoms with E-state index in [0.29, 0.717) is 22.4 Å². The van der Waals surface area contributed by atoms with Crippen molar-refractivity contribution in [3.05, 3.63) is 89.9 Å². The highest BCUT2D eigenvalue weighted by atomic mass is 32.2. The number of nitrogens with zero attached hydrogens (tertiary/aromatic N) is 5. The highest BCUT2D eigenvalue weighted by Crippen LogP contribution is 2.35. The molecular weight excluding hydrogens is 617 g/mol. The topological polar surface area (TPSA) is 93.9 Å². The number of aliphatic imine (C=N–C) groups is 1. The lowest BCUT2D eigenvalue weighted by Crippen LogP contribution is -2.28. The first kappa shape index (κ1) is 32.6. The molecule has 2 heterocycles. The molecule has 1 fully saturated rings. The van der Waals surface area contributed by atoms with Gasteiger partial charge in [-0.15, -0.1) is 18.3 Å². The van der Waals surface area contributed by atoms with Crippen LogP contribution in [0.1, 0.15) is 44.7 Å². The molecule has 4 aromatic rings. The van der Waals surface area contributed by atoms with E-state index in [0.717, 1.165) is 46.0 Å². The second kappa shape index (κ2) is 13.7. The standard InChI is InChI=1S/C33H33F3N6O3S/c1-20(2)28-15-14-27(44-5)18-29(28)41-16-17-46-32(41)39-31(43)38-22(4)21(3)23-6-8-24(9-7-23)30-37-19-42(40-30)25-10-12-26(13-11-25)45-33(34,35)36/h6-15,18-20H,16-17H2,1-5H3,(H,38,43)/b22-21+,39-32-. The molecule has 0 radical (unpaired) electrons. The zero-order valence-corrected chi connectivity index (χ0v) is 26.7. The van der Waals surface area contributed by atoms with Crippen molar-refractivity contribution in [2.75, 3.05) is 24.3 Å². The van der Waals surface area contributed by atoms with Gasteiger partial charge < -0.3 is 19.7 Å². The molecule has 2 amide bonds. The van der Waals surface area contributed by atoms with Crippen LogP contribution >= 0.6 is 11.8 Å². The van der Waals surface area contributed by atoms with Crippen molar-refractivity contribution in [3.63, 3.8) is 0 Å². The average molecular weight is 651 g/mol. The van der Waals surface area contributed by atoms with Gasteiger partial charge in [-0.3, -0.25) is 0 Å². The van der Waals surface area contributed by atoms with Crippen LogP contribution in [0.15, 0.2) is 83.7 Å². The highest BCUT2D eigenvalue weighted by molar-refractivity contribution is 8.14. The van der Waals surface area contributed by atoms with E-state index < -0.39 is 12.4 Å². The maximum Gasteiger partial charge on any atom is 0.573 e. The molecule has 1 aliphatic heterocycles. The van der Waals surface area contributed by atoms with E-state index in [9.17, 15) is 18.0 Å². The summed E-state index contributed by atoms with van der Waals surface area (Å²) in [6, 6.07) is 18.4. The van der Waals surface area contributed by atoms with Crippen molar-refractivity contribution in [2.45, 2.75) is 40.0 Å². The first-order valence-corrected chi connectivity index (χ1v) is 15.4. The van der Waals surface area contributed by atoms with Gasteiger partial charge in [0.1, 0.15) is 17.8 Å². The van der Waals surface area contributed by atoms with E-state index in [4.69, 9.17) is 4.74 Å². The molecule has 0 spiro atoms. The Bertz CT molecular complexity index is 1770. The molecule has 5 rings (SSSR count). The smallest absolute Gasteiger partial charge is 0.497 e. The average Bonchev–Trinajstić information content (AvgIpc) is 3.70. The number of rotatable bonds is 8. The third-order valence-corrected chi connectivity index (χ3v) is 8.34. The summed E-state index contributed by atoms with van der Waals surface area (Å²) in [5.41, 5.74) is 5.85. The Morgan fingerprint density at radius 1 is 1.02 bits per heavy atom. The third-order valence-electron chi connectivity index (χ3n) is 7.38. The van der Waals surface area contributed by atoms with E-state index >= 15 is 0 Å². The minimum Gasteiger partial charge on any atom is -0.497 e. The number of amides is 2. The number of allylic oxidation sites excluding steroid dienone is 2. The maximum atomic E-state index is 13.0. The van der Waals surface area contributed by atoms with E-state index in [1.165, 1.54) is 47.0 Å². The first-order chi connectivity index (χ1) is 21.9. The van der Waals surface area contributed by atoms with Crippen molar-refractivity contribution in [2.24, 2.45) is 4.99 Å². The van der Waals surface area contributed by atoms with Crippen molar-refractivity contribution in [1.82, 2.24) is 20.1 Å². The molecule has 9 nitrogen and oxygen atoms in total. The quantitative estimate of drug-likeness (QED) is 0.206. The summed E-state index contributed by atoms with van der Waals surface area (Å²) in [6.45, 7) is 8.74. The Balaban J connectivity index is 1.27. The van der Waals surface area contributed by atoms with Crippen molar-refractivity contribution in [1.29, 1.82) is 0 Å². The van der Waals surface area contributed by atoms with Gasteiger partial charge in [-0.2, -0.15) is 4.99 Å². The van der Waals surface area contributed by atoms with Gasteiger partial charge in [0.2, 0.25) is 0 Å². The number of carbonyl (C=O) groups excluding carboxylic acids is 1. The van der Waals surface area contributed by atoms with Crippen LogP contribution in [0.3, 0.4) is 0 Å². The number of halogens is 3. The molecule has 1 aliphatic rings. The summed E-state index contributed by atoms with van der Waals surface area (Å²) in [5.74, 6) is 1.98. The van der Waals surface area contributed by atoms with Gasteiger partial charge in [-0.05, 0) is 66.8 Å². The van der Waals surface area contributed by atoms with Crippen LogP contribution in [0, 0.1) is 0 Å². The number of methoxy groups -OCH3 is 1. The number of ether oxygens (including phenoxy) is 2. The number of alkyl halides is 3. The van der Waals surface area contributed by atoms with Crippen molar-refractivity contribution in [3.8, 4) is 28.6 Å². The zero-order chi connectivity index (χ0) is 33.0. The summed E-state index contributed by atoms with van der Waals surface area (Å²) < 4.78 is 48.2. The SMILES string of the molecule is COc1ccc(C(C)C)c(N2CCS/C2=N\C(=O)N/C(C)=C(\C)c2ccc(-c3ncn(-c4ccc(OC(F)(F)F)cc4)n3)cc2)c1. The normalized spacial score (nSPS) is 14.9. The van der Waals surface area contributed by atoms with Crippen LogP contribution in [-0.4, -0.2) is 51.7 Å². The van der Waals surface area contributed by atoms with E-state index in [1.54, 1.807) is 7.11 Å². The highest BCUT2D eigenvalue weighted by Gasteiger charge is 2.31. The summed E-state index contributed by atoms with van der Waals surface area (Å²) in [4.78, 5) is 23.8. The Hall–Kier alpha value is -4.78. The Kier molecular flexibility index (Phi) is 9.71. The third kappa shape index (κ3) is 7.71. The monoisotopic (exact) mass is 650 g/mol. The van der Waals surface area contributed by atoms with Gasteiger partial charge in [0.25, 0.3) is 0 Å². The molecule has 240 valence electrons. The van der Waals surface area contributed by atoms with Crippen LogP contribution in [0.5, 0.6) is 11.5 Å². The molecule has 46 heavy (non-hydrogen) atoms. The molecule has 1 N–H and O–H groups in total. The molecule has 0 aliphatic carbocycles. The van der Waals surface area contributed by atoms with Crippen LogP contribution in [0.25, 0.3) is 22.6 Å². The van der Waals surface area contributed by atoms with Crippen LogP contribution in [0.2, 0.25) is 0 Å². The lowest BCUT2D eigenvalue weighted by atomic mass is 10.00. The molecule has 0 unspecified atom stereocenters. The van der Waals surface area contributed by atoms with Gasteiger partial charge in [0.05, 0.1) is 12.8 Å². The zero-order valence-electron chi connectivity index (χ0n) is 25.9. The molecule has 13 heteroatoms. The fraction of sp³-hybridized carbons (Fsp3) is 0.273. The van der Waals surface area contributed by atoms with Gasteiger partial charge in [-0.25, -0.2) is 14.5 Å². The molecule has 1 saturated heterocycles. The number of urea groups is 1. The second-order valence-corrected chi connectivity index (χ2v) is 11.8. The molecule has 0 atom stereocenters. The van der Waals surface area contributed by atoms with Crippen LogP contribution < -0.4 is 19.7 Å². The number of amidine groups is 1. The lowest BCUT2D eigenvalue weighted by molar-refractivity contribution is -0.274. The van der Waals surface area contributed by atoms with Gasteiger partial charge in [-0.1, -0.05) is 55.9 Å². The fourth-order valence-corrected chi connectivity index (χ4v) is 5.81. The van der Waals surface area contributed by atoms with Crippen molar-refractivity contribution < 1.29 is 27.4 Å². The summed E-state index contributed by atoms with van der Waals surface area (Å²) in [7, 11) is 1.64. The number of thioether (sulfide) groups is 1. The molecule has 0 bridgehead atoms. The first-order valence-electron chi connectivity index (χ1n) is 14.5. The Labute approximate surface area is 269 Å². The predicted octanol–water partition coefficient (Wildman–Crippen LogP) is 8.03. The summed E-state index contributed by atoms with van der Waals surface area (Å²) in [5, 5.41) is 8.00. The number of anilines is 1. The number of carbonyl (C=O) groups is 1. The molecule has 3 aromatic carbocycles. The van der Waals surface area contributed by atoms with Crippen LogP contribution in [0.4, 0.5) is 23.7 Å². The Morgan fingerprint density at radius 2 is 1.72 bits per heavy atom. The Morgan fingerprint density at radius 3 is 2.37 bits per heavy atom. The second-order valence-electron chi connectivity index (χ2n) is 10.8. The van der Waals surface area contributed by atoms with Gasteiger partial charge in [0, 0.05) is 35.3 Å². The van der Waals surface area contributed by atoms with Gasteiger partial charge in [0.15, 0.2) is 11.0 Å². The number of hydrogen-bond donors (Lipinski definition) is 1. The van der Waals surface area contributed by atoms with Gasteiger partial charge >= 0.3 is 12.4 Å². The lowest BCUT2D eigenvalue weighted by Gasteiger charge is -2.23. The number of aromatic nitrogens is 3. The van der Waals surface area contributed by atoms with Crippen LogP contribution in [-0.2, 0) is 0 Å². The van der Waals surface area contributed by atoms with E-state index in [2.05, 4.69) is 49.9 Å². The predicted molar refractivity (Wildman–Crippen MR) is 175 cm³/mol. The number of nitrogens with one attached hydrogen (secondary N) is 1. The largest absolute Gasteiger partial charge is 0.573 e. The minimum absolute atomic E-state index is 0.287. The summed E-state index contributed by atoms with van der Waals surface area (Å²) >= 11 is 1.54.